The number of nitro benzene ring substituents is 1. The third kappa shape index (κ3) is 6.17. The summed E-state index contributed by atoms with van der Waals surface area (Å²) in [5.41, 5.74) is 0.137. The van der Waals surface area contributed by atoms with Crippen molar-refractivity contribution in [2.75, 3.05) is 7.11 Å². The minimum absolute atomic E-state index is 0.137. The summed E-state index contributed by atoms with van der Waals surface area (Å²) in [6.45, 7) is 0. The van der Waals surface area contributed by atoms with Gasteiger partial charge in [-0.2, -0.15) is 0 Å². The van der Waals surface area contributed by atoms with Crippen LogP contribution in [0.15, 0.2) is 30.3 Å². The monoisotopic (exact) mass is 280 g/mol. The van der Waals surface area contributed by atoms with Gasteiger partial charge in [0.2, 0.25) is 0 Å². The minimum Gasteiger partial charge on any atom is -0.453 e. The van der Waals surface area contributed by atoms with Gasteiger partial charge in [0.15, 0.2) is 0 Å². The van der Waals surface area contributed by atoms with Gasteiger partial charge >= 0.3 is 6.09 Å². The van der Waals surface area contributed by atoms with Gasteiger partial charge in [0.05, 0.1) is 12.0 Å². The number of hydrogen-bond donors (Lipinski definition) is 1. The summed E-state index contributed by atoms with van der Waals surface area (Å²) in [6.07, 6.45) is 5.68. The van der Waals surface area contributed by atoms with Crippen molar-refractivity contribution < 1.29 is 14.5 Å². The fraction of sp³-hybridized carbons (Fsp3) is 0.500. The van der Waals surface area contributed by atoms with Gasteiger partial charge in [-0.3, -0.25) is 10.1 Å². The molecule has 0 aliphatic heterocycles. The molecule has 0 saturated heterocycles. The van der Waals surface area contributed by atoms with Crippen LogP contribution in [0, 0.1) is 10.1 Å². The van der Waals surface area contributed by atoms with E-state index in [1.807, 2.05) is 0 Å². The molecule has 0 spiro atoms. The topological polar surface area (TPSA) is 81.5 Å². The zero-order valence-electron chi connectivity index (χ0n) is 11.6. The molecule has 0 aromatic heterocycles. The molecule has 20 heavy (non-hydrogen) atoms. The lowest BCUT2D eigenvalue weighted by atomic mass is 9.96. The van der Waals surface area contributed by atoms with Crippen LogP contribution in [-0.2, 0) is 4.74 Å². The summed E-state index contributed by atoms with van der Waals surface area (Å²) in [5, 5.41) is 12.8. The van der Waals surface area contributed by atoms with Crippen molar-refractivity contribution in [1.82, 2.24) is 5.32 Å². The fourth-order valence-electron chi connectivity index (χ4n) is 2.02. The molecule has 1 amide bonds. The summed E-state index contributed by atoms with van der Waals surface area (Å²) in [6, 6.07) is 8.29. The number of alkyl carbamates (subject to hydrolysis) is 1. The van der Waals surface area contributed by atoms with Crippen LogP contribution >= 0.6 is 0 Å². The quantitative estimate of drug-likeness (QED) is 0.665. The molecule has 1 N–H and O–H groups in total. The zero-order chi connectivity index (χ0) is 14.8. The molecule has 1 fully saturated rings. The molecule has 0 radical (unpaired) electrons. The molecule has 1 saturated carbocycles. The van der Waals surface area contributed by atoms with Crippen molar-refractivity contribution in [1.29, 1.82) is 0 Å². The number of carbonyl (C=O) groups is 1. The zero-order valence-corrected chi connectivity index (χ0v) is 11.6. The second kappa shape index (κ2) is 8.90. The first-order valence-electron chi connectivity index (χ1n) is 6.67. The van der Waals surface area contributed by atoms with E-state index in [9.17, 15) is 14.9 Å². The van der Waals surface area contributed by atoms with Gasteiger partial charge in [0, 0.05) is 18.2 Å². The first kappa shape index (κ1) is 15.9. The number of para-hydroxylation sites is 1. The predicted molar refractivity (Wildman–Crippen MR) is 75.5 cm³/mol. The van der Waals surface area contributed by atoms with Crippen LogP contribution in [0.25, 0.3) is 0 Å². The molecule has 1 aliphatic carbocycles. The van der Waals surface area contributed by atoms with Gasteiger partial charge in [-0.1, -0.05) is 37.5 Å². The standard InChI is InChI=1S/C8H15NO2.C6H5NO2/c1-11-8(10)9-7-5-3-2-4-6-7;8-7(9)6-4-2-1-3-5-6/h7H,2-6H2,1H3,(H,9,10);1-5H. The van der Waals surface area contributed by atoms with Crippen LogP contribution in [0.3, 0.4) is 0 Å². The molecule has 0 heterocycles. The van der Waals surface area contributed by atoms with Crippen LogP contribution in [0.4, 0.5) is 10.5 Å². The number of amides is 1. The number of carbonyl (C=O) groups excluding carboxylic acids is 1. The Kier molecular flexibility index (Phi) is 7.10. The Bertz CT molecular complexity index is 416. The van der Waals surface area contributed by atoms with E-state index < -0.39 is 4.92 Å². The van der Waals surface area contributed by atoms with Crippen LogP contribution < -0.4 is 5.32 Å². The van der Waals surface area contributed by atoms with Gasteiger partial charge in [-0.25, -0.2) is 4.79 Å². The Morgan fingerprint density at radius 3 is 2.30 bits per heavy atom. The number of hydrogen-bond acceptors (Lipinski definition) is 4. The Balaban J connectivity index is 0.000000204. The van der Waals surface area contributed by atoms with E-state index in [0.29, 0.717) is 6.04 Å². The van der Waals surface area contributed by atoms with Crippen molar-refractivity contribution >= 4 is 11.8 Å². The second-order valence-corrected chi connectivity index (χ2v) is 4.56. The molecule has 6 nitrogen and oxygen atoms in total. The van der Waals surface area contributed by atoms with Crippen molar-refractivity contribution in [2.24, 2.45) is 0 Å². The SMILES string of the molecule is COC(=O)NC1CCCCC1.O=[N+]([O-])c1ccccc1. The Labute approximate surface area is 118 Å². The van der Waals surface area contributed by atoms with Gasteiger partial charge in [0.25, 0.3) is 5.69 Å². The fourth-order valence-corrected chi connectivity index (χ4v) is 2.02. The molecule has 6 heteroatoms. The molecular formula is C14H20N2O4. The van der Waals surface area contributed by atoms with Crippen molar-refractivity contribution in [3.63, 3.8) is 0 Å². The molecule has 0 bridgehead atoms. The Morgan fingerprint density at radius 2 is 1.85 bits per heavy atom. The summed E-state index contributed by atoms with van der Waals surface area (Å²) in [5.74, 6) is 0. The van der Waals surface area contributed by atoms with Gasteiger partial charge in [0.1, 0.15) is 0 Å². The summed E-state index contributed by atoms with van der Waals surface area (Å²) < 4.78 is 4.50. The molecule has 0 atom stereocenters. The maximum absolute atomic E-state index is 10.7. The number of non-ortho nitro benzene ring substituents is 1. The largest absolute Gasteiger partial charge is 0.453 e. The highest BCUT2D eigenvalue weighted by Gasteiger charge is 2.15. The van der Waals surface area contributed by atoms with Crippen LogP contribution in [0.5, 0.6) is 0 Å². The number of nitrogens with one attached hydrogen (secondary N) is 1. The highest BCUT2D eigenvalue weighted by atomic mass is 16.6. The van der Waals surface area contributed by atoms with Crippen molar-refractivity contribution in [2.45, 2.75) is 38.1 Å². The van der Waals surface area contributed by atoms with Crippen LogP contribution in [0.1, 0.15) is 32.1 Å². The minimum atomic E-state index is -0.417. The maximum atomic E-state index is 10.7. The van der Waals surface area contributed by atoms with Crippen molar-refractivity contribution in [3.05, 3.63) is 40.4 Å². The lowest BCUT2D eigenvalue weighted by molar-refractivity contribution is -0.384. The molecule has 1 aromatic carbocycles. The number of benzene rings is 1. The molecule has 0 unspecified atom stereocenters. The smallest absolute Gasteiger partial charge is 0.407 e. The summed E-state index contributed by atoms with van der Waals surface area (Å²) in [7, 11) is 1.40. The number of nitrogens with zero attached hydrogens (tertiary/aromatic N) is 1. The summed E-state index contributed by atoms with van der Waals surface area (Å²) in [4.78, 5) is 20.3. The average Bonchev–Trinajstić information content (AvgIpc) is 2.49. The van der Waals surface area contributed by atoms with Gasteiger partial charge < -0.3 is 10.1 Å². The molecule has 2 rings (SSSR count). The normalized spacial score (nSPS) is 14.7. The Hall–Kier alpha value is -2.11. The Morgan fingerprint density at radius 1 is 1.25 bits per heavy atom. The highest BCUT2D eigenvalue weighted by Crippen LogP contribution is 2.17. The lowest BCUT2D eigenvalue weighted by Crippen LogP contribution is -2.35. The van der Waals surface area contributed by atoms with E-state index in [2.05, 4.69) is 10.1 Å². The van der Waals surface area contributed by atoms with Gasteiger partial charge in [-0.15, -0.1) is 0 Å². The second-order valence-electron chi connectivity index (χ2n) is 4.56. The molecular weight excluding hydrogens is 260 g/mol. The first-order chi connectivity index (χ1) is 9.63. The summed E-state index contributed by atoms with van der Waals surface area (Å²) >= 11 is 0. The average molecular weight is 280 g/mol. The van der Waals surface area contributed by atoms with E-state index in [-0.39, 0.29) is 11.8 Å². The maximum Gasteiger partial charge on any atom is 0.407 e. The van der Waals surface area contributed by atoms with Crippen molar-refractivity contribution in [3.8, 4) is 0 Å². The number of nitro groups is 1. The van der Waals surface area contributed by atoms with Crippen LogP contribution in [0.2, 0.25) is 0 Å². The van der Waals surface area contributed by atoms with E-state index >= 15 is 0 Å². The number of rotatable bonds is 2. The molecule has 110 valence electrons. The lowest BCUT2D eigenvalue weighted by Gasteiger charge is -2.21. The number of ether oxygens (including phenoxy) is 1. The van der Waals surface area contributed by atoms with E-state index in [4.69, 9.17) is 0 Å². The van der Waals surface area contributed by atoms with Gasteiger partial charge in [-0.05, 0) is 12.8 Å². The highest BCUT2D eigenvalue weighted by molar-refractivity contribution is 5.67. The molecule has 1 aliphatic rings. The van der Waals surface area contributed by atoms with E-state index in [0.717, 1.165) is 12.8 Å². The third-order valence-electron chi connectivity index (χ3n) is 3.08. The van der Waals surface area contributed by atoms with E-state index in [1.165, 1.54) is 38.5 Å². The number of methoxy groups -OCH3 is 1. The predicted octanol–water partition coefficient (Wildman–Crippen LogP) is 3.27. The van der Waals surface area contributed by atoms with E-state index in [1.54, 1.807) is 18.2 Å². The third-order valence-corrected chi connectivity index (χ3v) is 3.08. The molecule has 1 aromatic rings. The first-order valence-corrected chi connectivity index (χ1v) is 6.67. The van der Waals surface area contributed by atoms with Crippen LogP contribution in [-0.4, -0.2) is 24.2 Å².